The average molecular weight is 749 g/mol. The topological polar surface area (TPSA) is 8.17 Å². The van der Waals surface area contributed by atoms with Crippen molar-refractivity contribution in [2.75, 3.05) is 4.90 Å². The number of nitrogens with zero attached hydrogens (tertiary/aromatic N) is 2. The summed E-state index contributed by atoms with van der Waals surface area (Å²) in [6.45, 7) is 0. The Kier molecular flexibility index (Phi) is 6.02. The molecule has 11 aromatic rings. The number of para-hydroxylation sites is 1. The number of anilines is 3. The van der Waals surface area contributed by atoms with Gasteiger partial charge in [0.15, 0.2) is 0 Å². The van der Waals surface area contributed by atoms with E-state index in [9.17, 15) is 0 Å². The number of hydrogen-bond acceptors (Lipinski definition) is 1. The molecule has 0 N–H and O–H groups in total. The lowest BCUT2D eigenvalue weighted by Gasteiger charge is -2.27. The fourth-order valence-corrected chi connectivity index (χ4v) is 8.30. The van der Waals surface area contributed by atoms with Crippen molar-refractivity contribution in [2.45, 2.75) is 0 Å². The number of aromatic nitrogens is 1. The SMILES string of the molecule is [2H]c1c([2H])c([2H])c(-c2cc(-c3c([2H])c([2H])c([2H])c([2H])c3[2H])cc(N(c3ccccc3)c3ccc4c5c6ccccc6ccc5n(-c5ccc(-c6cccc7ccccc67)cc5)c4c3)c2)c([2H])c1[2H]. The van der Waals surface area contributed by atoms with E-state index in [-0.39, 0.29) is 22.3 Å². The van der Waals surface area contributed by atoms with E-state index >= 15 is 0 Å². The maximum absolute atomic E-state index is 8.99. The third-order valence-electron chi connectivity index (χ3n) is 10.9. The Balaban J connectivity index is 1.19. The predicted octanol–water partition coefficient (Wildman–Crippen LogP) is 15.6. The summed E-state index contributed by atoms with van der Waals surface area (Å²) in [5.74, 6) is 0. The van der Waals surface area contributed by atoms with Crippen molar-refractivity contribution in [2.24, 2.45) is 0 Å². The number of fused-ring (bicyclic) bond motifs is 6. The van der Waals surface area contributed by atoms with Crippen LogP contribution in [0.2, 0.25) is 0 Å². The van der Waals surface area contributed by atoms with Crippen molar-refractivity contribution in [1.29, 1.82) is 0 Å². The summed E-state index contributed by atoms with van der Waals surface area (Å²) in [4.78, 5) is 1.97. The van der Waals surface area contributed by atoms with Gasteiger partial charge in [-0.15, -0.1) is 0 Å². The largest absolute Gasteiger partial charge is 0.310 e. The summed E-state index contributed by atoms with van der Waals surface area (Å²) in [6.07, 6.45) is 0. The molecule has 0 saturated heterocycles. The smallest absolute Gasteiger partial charge is 0.0629 e. The van der Waals surface area contributed by atoms with Crippen molar-refractivity contribution in [3.8, 4) is 39.1 Å². The summed E-state index contributed by atoms with van der Waals surface area (Å²) in [6, 6.07) is 51.8. The Bertz CT molecular complexity index is 3720. The van der Waals surface area contributed by atoms with Crippen molar-refractivity contribution < 1.29 is 13.7 Å². The molecule has 0 unspecified atom stereocenters. The molecule has 0 atom stereocenters. The van der Waals surface area contributed by atoms with Crippen LogP contribution in [0.1, 0.15) is 13.7 Å². The molecule has 0 aliphatic carbocycles. The fourth-order valence-electron chi connectivity index (χ4n) is 8.30. The molecule has 0 saturated carbocycles. The molecule has 2 nitrogen and oxygen atoms in total. The Morgan fingerprint density at radius 2 is 0.983 bits per heavy atom. The van der Waals surface area contributed by atoms with Gasteiger partial charge >= 0.3 is 0 Å². The summed E-state index contributed by atoms with van der Waals surface area (Å²) in [7, 11) is 0. The van der Waals surface area contributed by atoms with E-state index < -0.39 is 60.4 Å². The molecule has 1 aromatic heterocycles. The Morgan fingerprint density at radius 1 is 0.362 bits per heavy atom. The quantitative estimate of drug-likeness (QED) is 0.158. The predicted molar refractivity (Wildman–Crippen MR) is 247 cm³/mol. The monoisotopic (exact) mass is 748 g/mol. The minimum absolute atomic E-state index is 0.0890. The standard InChI is InChI=1S/C56H38N2/c1-4-15-39(16-5-1)44-35-45(40-17-6-2-7-18-40)37-49(36-44)57(46-22-8-3-9-23-46)48-32-33-53-55(38-48)58(54-34-29-42-20-11-13-25-52(42)56(53)54)47-30-27-43(28-31-47)51-26-14-21-41-19-10-12-24-50(41)51/h1-38H/i1D,2D,4D,5D,6D,7D,15D,16D,17D,18D. The second-order valence-corrected chi connectivity index (χ2v) is 14.2. The van der Waals surface area contributed by atoms with Gasteiger partial charge in [0.25, 0.3) is 0 Å². The Hall–Kier alpha value is -7.68. The second kappa shape index (κ2) is 14.1. The van der Waals surface area contributed by atoms with Crippen LogP contribution in [0.25, 0.3) is 82.4 Å². The van der Waals surface area contributed by atoms with Crippen molar-refractivity contribution >= 4 is 60.4 Å². The minimum atomic E-state index is -0.545. The lowest BCUT2D eigenvalue weighted by molar-refractivity contribution is 1.18. The van der Waals surface area contributed by atoms with E-state index in [0.717, 1.165) is 54.8 Å². The van der Waals surface area contributed by atoms with Crippen molar-refractivity contribution in [3.05, 3.63) is 230 Å². The maximum atomic E-state index is 8.99. The van der Waals surface area contributed by atoms with Crippen molar-refractivity contribution in [1.82, 2.24) is 4.57 Å². The van der Waals surface area contributed by atoms with Crippen LogP contribution in [0.15, 0.2) is 230 Å². The van der Waals surface area contributed by atoms with Gasteiger partial charge in [-0.2, -0.15) is 0 Å². The molecule has 10 aromatic carbocycles. The van der Waals surface area contributed by atoms with Gasteiger partial charge in [0.1, 0.15) is 0 Å². The lowest BCUT2D eigenvalue weighted by atomic mass is 9.97. The number of benzene rings is 10. The molecule has 0 aliphatic heterocycles. The zero-order chi connectivity index (χ0) is 47.1. The van der Waals surface area contributed by atoms with E-state index in [0.29, 0.717) is 17.1 Å². The Morgan fingerprint density at radius 3 is 1.69 bits per heavy atom. The highest BCUT2D eigenvalue weighted by Gasteiger charge is 2.20. The van der Waals surface area contributed by atoms with E-state index in [1.54, 1.807) is 12.1 Å². The van der Waals surface area contributed by atoms with Gasteiger partial charge in [0.05, 0.1) is 24.7 Å². The van der Waals surface area contributed by atoms with Crippen LogP contribution in [0.4, 0.5) is 17.1 Å². The van der Waals surface area contributed by atoms with Crippen LogP contribution in [-0.4, -0.2) is 4.57 Å². The second-order valence-electron chi connectivity index (χ2n) is 14.2. The third kappa shape index (κ3) is 5.82. The van der Waals surface area contributed by atoms with Crippen molar-refractivity contribution in [3.63, 3.8) is 0 Å². The first-order chi connectivity index (χ1) is 32.9. The molecule has 58 heavy (non-hydrogen) atoms. The van der Waals surface area contributed by atoms with Gasteiger partial charge in [-0.25, -0.2) is 0 Å². The Labute approximate surface area is 352 Å². The van der Waals surface area contributed by atoms with Crippen LogP contribution in [0.5, 0.6) is 0 Å². The molecule has 0 fully saturated rings. The van der Waals surface area contributed by atoms with Crippen LogP contribution in [0, 0.1) is 0 Å². The van der Waals surface area contributed by atoms with Gasteiger partial charge in [-0.05, 0) is 116 Å². The third-order valence-corrected chi connectivity index (χ3v) is 10.9. The van der Waals surface area contributed by atoms with Gasteiger partial charge in [0, 0.05) is 33.5 Å². The highest BCUT2D eigenvalue weighted by molar-refractivity contribution is 6.21. The normalized spacial score (nSPS) is 13.9. The molecule has 2 heteroatoms. The first-order valence-electron chi connectivity index (χ1n) is 24.1. The molecule has 0 amide bonds. The molecule has 0 aliphatic rings. The summed E-state index contributed by atoms with van der Waals surface area (Å²) in [5.41, 5.74) is 7.17. The van der Waals surface area contributed by atoms with E-state index in [1.807, 2.05) is 59.5 Å². The van der Waals surface area contributed by atoms with Gasteiger partial charge in [-0.1, -0.05) is 170 Å². The summed E-state index contributed by atoms with van der Waals surface area (Å²) < 4.78 is 89.1. The highest BCUT2D eigenvalue weighted by Crippen LogP contribution is 2.44. The van der Waals surface area contributed by atoms with E-state index in [2.05, 4.69) is 102 Å². The maximum Gasteiger partial charge on any atom is 0.0629 e. The zero-order valence-corrected chi connectivity index (χ0v) is 31.1. The highest BCUT2D eigenvalue weighted by atomic mass is 15.1. The molecular formula is C56H38N2. The molecule has 0 spiro atoms. The lowest BCUT2D eigenvalue weighted by Crippen LogP contribution is -2.10. The molecule has 11 rings (SSSR count). The minimum Gasteiger partial charge on any atom is -0.310 e. The van der Waals surface area contributed by atoms with E-state index in [4.69, 9.17) is 13.7 Å². The molecule has 0 radical (unpaired) electrons. The van der Waals surface area contributed by atoms with Crippen LogP contribution in [-0.2, 0) is 0 Å². The molecular weight excluding hydrogens is 701 g/mol. The van der Waals surface area contributed by atoms with Gasteiger partial charge in [-0.3, -0.25) is 0 Å². The van der Waals surface area contributed by atoms with Gasteiger partial charge in [0.2, 0.25) is 0 Å². The average Bonchev–Trinajstić information content (AvgIpc) is 3.71. The summed E-state index contributed by atoms with van der Waals surface area (Å²) in [5, 5.41) is 6.63. The summed E-state index contributed by atoms with van der Waals surface area (Å²) >= 11 is 0. The number of hydrogen-bond donors (Lipinski definition) is 0. The van der Waals surface area contributed by atoms with Crippen LogP contribution >= 0.6 is 0 Å². The zero-order valence-electron chi connectivity index (χ0n) is 41.1. The first kappa shape index (κ1) is 24.8. The fraction of sp³-hybridized carbons (Fsp3) is 0. The molecule has 0 bridgehead atoms. The molecule has 272 valence electrons. The molecule has 1 heterocycles. The number of rotatable bonds is 7. The first-order valence-corrected chi connectivity index (χ1v) is 19.1. The van der Waals surface area contributed by atoms with E-state index in [1.165, 1.54) is 11.5 Å². The van der Waals surface area contributed by atoms with Crippen LogP contribution in [0.3, 0.4) is 0 Å². The van der Waals surface area contributed by atoms with Gasteiger partial charge < -0.3 is 9.47 Å². The van der Waals surface area contributed by atoms with Crippen LogP contribution < -0.4 is 4.90 Å².